The second-order valence-corrected chi connectivity index (χ2v) is 4.71. The SMILES string of the molecule is CCOc1ccc(NC(=O)NCCc2ccc(F)cc2)cc1. The number of halogens is 1. The molecule has 2 aromatic rings. The number of nitrogens with one attached hydrogen (secondary N) is 2. The number of amides is 2. The van der Waals surface area contributed by atoms with Crippen LogP contribution in [0, 0.1) is 5.82 Å². The quantitative estimate of drug-likeness (QED) is 0.856. The van der Waals surface area contributed by atoms with Gasteiger partial charge < -0.3 is 15.4 Å². The Bertz CT molecular complexity index is 597. The van der Waals surface area contributed by atoms with E-state index in [0.29, 0.717) is 25.3 Å². The fraction of sp³-hybridized carbons (Fsp3) is 0.235. The molecule has 0 atom stereocenters. The summed E-state index contributed by atoms with van der Waals surface area (Å²) < 4.78 is 18.1. The largest absolute Gasteiger partial charge is 0.494 e. The minimum Gasteiger partial charge on any atom is -0.494 e. The van der Waals surface area contributed by atoms with Gasteiger partial charge in [0.2, 0.25) is 0 Å². The fourth-order valence-electron chi connectivity index (χ4n) is 1.95. The van der Waals surface area contributed by atoms with Crippen LogP contribution in [-0.2, 0) is 6.42 Å². The van der Waals surface area contributed by atoms with E-state index in [1.807, 2.05) is 6.92 Å². The lowest BCUT2D eigenvalue weighted by molar-refractivity contribution is 0.252. The van der Waals surface area contributed by atoms with Crippen molar-refractivity contribution in [1.29, 1.82) is 0 Å². The number of hydrogen-bond acceptors (Lipinski definition) is 2. The molecule has 116 valence electrons. The minimum absolute atomic E-state index is 0.259. The van der Waals surface area contributed by atoms with Crippen molar-refractivity contribution in [2.45, 2.75) is 13.3 Å². The monoisotopic (exact) mass is 302 g/mol. The molecule has 0 aromatic heterocycles. The van der Waals surface area contributed by atoms with E-state index in [0.717, 1.165) is 11.3 Å². The molecule has 0 heterocycles. The maximum absolute atomic E-state index is 12.8. The van der Waals surface area contributed by atoms with E-state index in [9.17, 15) is 9.18 Å². The molecule has 2 rings (SSSR count). The lowest BCUT2D eigenvalue weighted by Gasteiger charge is -2.09. The van der Waals surface area contributed by atoms with E-state index in [2.05, 4.69) is 10.6 Å². The van der Waals surface area contributed by atoms with Crippen molar-refractivity contribution in [2.75, 3.05) is 18.5 Å². The molecular formula is C17H19FN2O2. The molecule has 0 saturated heterocycles. The van der Waals surface area contributed by atoms with Crippen molar-refractivity contribution in [3.8, 4) is 5.75 Å². The Morgan fingerprint density at radius 2 is 1.77 bits per heavy atom. The summed E-state index contributed by atoms with van der Waals surface area (Å²) >= 11 is 0. The Balaban J connectivity index is 1.74. The number of carbonyl (C=O) groups is 1. The zero-order valence-electron chi connectivity index (χ0n) is 12.4. The third-order valence-electron chi connectivity index (χ3n) is 3.04. The molecule has 0 aliphatic rings. The summed E-state index contributed by atoms with van der Waals surface area (Å²) in [7, 11) is 0. The van der Waals surface area contributed by atoms with Crippen molar-refractivity contribution in [3.05, 3.63) is 59.9 Å². The van der Waals surface area contributed by atoms with Crippen LogP contribution in [0.5, 0.6) is 5.75 Å². The normalized spacial score (nSPS) is 10.1. The molecule has 5 heteroatoms. The van der Waals surface area contributed by atoms with Gasteiger partial charge in [-0.2, -0.15) is 0 Å². The lowest BCUT2D eigenvalue weighted by Crippen LogP contribution is -2.30. The van der Waals surface area contributed by atoms with Crippen LogP contribution in [0.15, 0.2) is 48.5 Å². The van der Waals surface area contributed by atoms with Crippen LogP contribution in [0.3, 0.4) is 0 Å². The van der Waals surface area contributed by atoms with Crippen LogP contribution in [0.25, 0.3) is 0 Å². The van der Waals surface area contributed by atoms with E-state index in [-0.39, 0.29) is 11.8 Å². The molecule has 0 radical (unpaired) electrons. The molecule has 2 aromatic carbocycles. The summed E-state index contributed by atoms with van der Waals surface area (Å²) in [5.74, 6) is 0.509. The van der Waals surface area contributed by atoms with Gasteiger partial charge >= 0.3 is 6.03 Å². The van der Waals surface area contributed by atoms with Gasteiger partial charge in [-0.15, -0.1) is 0 Å². The number of rotatable bonds is 6. The molecule has 2 amide bonds. The summed E-state index contributed by atoms with van der Waals surface area (Å²) in [5.41, 5.74) is 1.67. The third-order valence-corrected chi connectivity index (χ3v) is 3.04. The summed E-state index contributed by atoms with van der Waals surface area (Å²) in [6.45, 7) is 3.01. The zero-order valence-corrected chi connectivity index (χ0v) is 12.4. The van der Waals surface area contributed by atoms with Gasteiger partial charge in [-0.1, -0.05) is 12.1 Å². The number of carbonyl (C=O) groups excluding carboxylic acids is 1. The predicted molar refractivity (Wildman–Crippen MR) is 84.7 cm³/mol. The summed E-state index contributed by atoms with van der Waals surface area (Å²) in [5, 5.41) is 5.50. The first-order chi connectivity index (χ1) is 10.7. The average molecular weight is 302 g/mol. The molecule has 0 aliphatic carbocycles. The predicted octanol–water partition coefficient (Wildman–Crippen LogP) is 3.59. The molecule has 0 aliphatic heterocycles. The first-order valence-corrected chi connectivity index (χ1v) is 7.19. The highest BCUT2D eigenvalue weighted by Crippen LogP contribution is 2.15. The summed E-state index contributed by atoms with van der Waals surface area (Å²) in [6.07, 6.45) is 0.650. The summed E-state index contributed by atoms with van der Waals surface area (Å²) in [6, 6.07) is 13.1. The van der Waals surface area contributed by atoms with E-state index in [4.69, 9.17) is 4.74 Å². The van der Waals surface area contributed by atoms with Gasteiger partial charge in [0.25, 0.3) is 0 Å². The van der Waals surface area contributed by atoms with Crippen molar-refractivity contribution in [2.24, 2.45) is 0 Å². The van der Waals surface area contributed by atoms with Gasteiger partial charge in [-0.05, 0) is 55.3 Å². The van der Waals surface area contributed by atoms with Crippen LogP contribution in [0.2, 0.25) is 0 Å². The van der Waals surface area contributed by atoms with Gasteiger partial charge in [0.1, 0.15) is 11.6 Å². The Morgan fingerprint density at radius 3 is 2.41 bits per heavy atom. The van der Waals surface area contributed by atoms with Gasteiger partial charge in [-0.3, -0.25) is 0 Å². The first-order valence-electron chi connectivity index (χ1n) is 7.19. The van der Waals surface area contributed by atoms with Crippen LogP contribution in [0.4, 0.5) is 14.9 Å². The molecule has 0 fully saturated rings. The van der Waals surface area contributed by atoms with Gasteiger partial charge in [-0.25, -0.2) is 9.18 Å². The number of anilines is 1. The molecule has 22 heavy (non-hydrogen) atoms. The van der Waals surface area contributed by atoms with E-state index in [1.165, 1.54) is 12.1 Å². The molecule has 0 unspecified atom stereocenters. The maximum Gasteiger partial charge on any atom is 0.319 e. The highest BCUT2D eigenvalue weighted by molar-refractivity contribution is 5.89. The number of benzene rings is 2. The number of ether oxygens (including phenoxy) is 1. The van der Waals surface area contributed by atoms with Crippen LogP contribution in [-0.4, -0.2) is 19.2 Å². The Hall–Kier alpha value is -2.56. The van der Waals surface area contributed by atoms with Gasteiger partial charge in [0.15, 0.2) is 0 Å². The van der Waals surface area contributed by atoms with E-state index >= 15 is 0 Å². The van der Waals surface area contributed by atoms with Crippen LogP contribution in [0.1, 0.15) is 12.5 Å². The van der Waals surface area contributed by atoms with Crippen molar-refractivity contribution >= 4 is 11.7 Å². The Morgan fingerprint density at radius 1 is 1.09 bits per heavy atom. The standard InChI is InChI=1S/C17H19FN2O2/c1-2-22-16-9-7-15(8-10-16)20-17(21)19-12-11-13-3-5-14(18)6-4-13/h3-10H,2,11-12H2,1H3,(H2,19,20,21). The van der Waals surface area contributed by atoms with Crippen LogP contribution >= 0.6 is 0 Å². The summed E-state index contributed by atoms with van der Waals surface area (Å²) in [4.78, 5) is 11.8. The highest BCUT2D eigenvalue weighted by atomic mass is 19.1. The fourth-order valence-corrected chi connectivity index (χ4v) is 1.95. The smallest absolute Gasteiger partial charge is 0.319 e. The average Bonchev–Trinajstić information content (AvgIpc) is 2.51. The van der Waals surface area contributed by atoms with E-state index in [1.54, 1.807) is 36.4 Å². The molecular weight excluding hydrogens is 283 g/mol. The van der Waals surface area contributed by atoms with Crippen molar-refractivity contribution in [1.82, 2.24) is 5.32 Å². The van der Waals surface area contributed by atoms with Gasteiger partial charge in [0, 0.05) is 12.2 Å². The number of urea groups is 1. The highest BCUT2D eigenvalue weighted by Gasteiger charge is 2.02. The second-order valence-electron chi connectivity index (χ2n) is 4.71. The number of hydrogen-bond donors (Lipinski definition) is 2. The molecule has 0 spiro atoms. The minimum atomic E-state index is -0.272. The maximum atomic E-state index is 12.8. The molecule has 0 bridgehead atoms. The third kappa shape index (κ3) is 5.09. The second kappa shape index (κ2) is 8.02. The van der Waals surface area contributed by atoms with Crippen molar-refractivity contribution in [3.63, 3.8) is 0 Å². The Labute approximate surface area is 129 Å². The molecule has 2 N–H and O–H groups in total. The Kier molecular flexibility index (Phi) is 5.77. The molecule has 4 nitrogen and oxygen atoms in total. The zero-order chi connectivity index (χ0) is 15.8. The van der Waals surface area contributed by atoms with E-state index < -0.39 is 0 Å². The van der Waals surface area contributed by atoms with Gasteiger partial charge in [0.05, 0.1) is 6.61 Å². The lowest BCUT2D eigenvalue weighted by atomic mass is 10.1. The van der Waals surface area contributed by atoms with Crippen LogP contribution < -0.4 is 15.4 Å². The van der Waals surface area contributed by atoms with Crippen molar-refractivity contribution < 1.29 is 13.9 Å². The first kappa shape index (κ1) is 15.8. The molecule has 0 saturated carbocycles. The topological polar surface area (TPSA) is 50.4 Å².